The van der Waals surface area contributed by atoms with Crippen LogP contribution in [0.15, 0.2) is 0 Å². The third kappa shape index (κ3) is 2.25. The number of aliphatic carboxylic acids is 1. The molecule has 4 nitrogen and oxygen atoms in total. The smallest absolute Gasteiger partial charge is 0.334 e. The van der Waals surface area contributed by atoms with Crippen molar-refractivity contribution in [1.82, 2.24) is 4.90 Å². The third-order valence-electron chi connectivity index (χ3n) is 3.17. The van der Waals surface area contributed by atoms with Crippen LogP contribution in [0, 0.1) is 5.92 Å². The lowest BCUT2D eigenvalue weighted by Gasteiger charge is -2.36. The van der Waals surface area contributed by atoms with Crippen molar-refractivity contribution in [3.63, 3.8) is 0 Å². The van der Waals surface area contributed by atoms with E-state index < -0.39 is 12.1 Å². The van der Waals surface area contributed by atoms with Crippen molar-refractivity contribution in [2.24, 2.45) is 5.92 Å². The Balaban J connectivity index is 1.78. The molecule has 0 aromatic rings. The van der Waals surface area contributed by atoms with E-state index in [1.807, 2.05) is 0 Å². The Labute approximate surface area is 83.8 Å². The molecule has 1 unspecified atom stereocenters. The zero-order valence-corrected chi connectivity index (χ0v) is 8.32. The molecule has 1 saturated carbocycles. The Kier molecular flexibility index (Phi) is 3.03. The van der Waals surface area contributed by atoms with E-state index in [0.29, 0.717) is 13.2 Å². The minimum Gasteiger partial charge on any atom is -0.479 e. The van der Waals surface area contributed by atoms with Crippen molar-refractivity contribution in [3.05, 3.63) is 0 Å². The standard InChI is InChI=1S/C10H17NO3/c12-10(13)9-7-11(4-5-14-9)6-8-2-1-3-8/h8-9H,1-7H2,(H,12,13). The monoisotopic (exact) mass is 199 g/mol. The Hall–Kier alpha value is -0.610. The summed E-state index contributed by atoms with van der Waals surface area (Å²) in [5.74, 6) is -0.0224. The summed E-state index contributed by atoms with van der Waals surface area (Å²) < 4.78 is 5.16. The molecular weight excluding hydrogens is 182 g/mol. The molecule has 0 aromatic heterocycles. The van der Waals surface area contributed by atoms with Gasteiger partial charge in [-0.2, -0.15) is 0 Å². The van der Waals surface area contributed by atoms with Crippen molar-refractivity contribution in [1.29, 1.82) is 0 Å². The first-order chi connectivity index (χ1) is 6.75. The molecule has 1 saturated heterocycles. The second-order valence-electron chi connectivity index (χ2n) is 4.25. The van der Waals surface area contributed by atoms with Gasteiger partial charge in [0.15, 0.2) is 6.10 Å². The molecule has 1 N–H and O–H groups in total. The van der Waals surface area contributed by atoms with Gasteiger partial charge in [0.05, 0.1) is 6.61 Å². The van der Waals surface area contributed by atoms with Crippen LogP contribution in [-0.2, 0) is 9.53 Å². The Morgan fingerprint density at radius 1 is 1.50 bits per heavy atom. The van der Waals surface area contributed by atoms with E-state index in [0.717, 1.165) is 19.0 Å². The average Bonchev–Trinajstić information content (AvgIpc) is 2.12. The zero-order valence-electron chi connectivity index (χ0n) is 8.32. The maximum atomic E-state index is 10.7. The normalized spacial score (nSPS) is 29.9. The van der Waals surface area contributed by atoms with Gasteiger partial charge in [0.2, 0.25) is 0 Å². The predicted molar refractivity (Wildman–Crippen MR) is 51.2 cm³/mol. The number of ether oxygens (including phenoxy) is 1. The summed E-state index contributed by atoms with van der Waals surface area (Å²) in [6.45, 7) is 3.07. The molecule has 4 heteroatoms. The highest BCUT2D eigenvalue weighted by Gasteiger charge is 2.28. The summed E-state index contributed by atoms with van der Waals surface area (Å²) in [7, 11) is 0. The molecule has 2 aliphatic rings. The third-order valence-corrected chi connectivity index (χ3v) is 3.17. The maximum Gasteiger partial charge on any atom is 0.334 e. The van der Waals surface area contributed by atoms with E-state index in [4.69, 9.17) is 9.84 Å². The van der Waals surface area contributed by atoms with Gasteiger partial charge in [-0.05, 0) is 18.8 Å². The summed E-state index contributed by atoms with van der Waals surface area (Å²) in [6.07, 6.45) is 3.37. The highest BCUT2D eigenvalue weighted by atomic mass is 16.5. The van der Waals surface area contributed by atoms with Crippen molar-refractivity contribution < 1.29 is 14.6 Å². The van der Waals surface area contributed by atoms with Gasteiger partial charge in [0.25, 0.3) is 0 Å². The Morgan fingerprint density at radius 3 is 2.86 bits per heavy atom. The minimum atomic E-state index is -0.830. The molecule has 0 amide bonds. The van der Waals surface area contributed by atoms with E-state index in [2.05, 4.69) is 4.90 Å². The maximum absolute atomic E-state index is 10.7. The van der Waals surface area contributed by atoms with Gasteiger partial charge in [-0.1, -0.05) is 6.42 Å². The van der Waals surface area contributed by atoms with Crippen LogP contribution >= 0.6 is 0 Å². The average molecular weight is 199 g/mol. The summed E-state index contributed by atoms with van der Waals surface area (Å²) in [4.78, 5) is 12.9. The SMILES string of the molecule is O=C(O)C1CN(CC2CCC2)CCO1. The molecule has 1 heterocycles. The number of carboxylic acids is 1. The molecule has 0 spiro atoms. The van der Waals surface area contributed by atoms with Gasteiger partial charge < -0.3 is 9.84 Å². The molecule has 1 atom stereocenters. The second-order valence-corrected chi connectivity index (χ2v) is 4.25. The first-order valence-corrected chi connectivity index (χ1v) is 5.32. The van der Waals surface area contributed by atoms with Gasteiger partial charge in [-0.25, -0.2) is 4.79 Å². The number of morpholine rings is 1. The van der Waals surface area contributed by atoms with Crippen molar-refractivity contribution in [2.75, 3.05) is 26.2 Å². The molecule has 1 aliphatic heterocycles. The van der Waals surface area contributed by atoms with E-state index in [1.54, 1.807) is 0 Å². The van der Waals surface area contributed by atoms with Crippen LogP contribution in [0.25, 0.3) is 0 Å². The zero-order chi connectivity index (χ0) is 9.97. The van der Waals surface area contributed by atoms with Gasteiger partial charge in [0, 0.05) is 19.6 Å². The fourth-order valence-electron chi connectivity index (χ4n) is 2.06. The van der Waals surface area contributed by atoms with Crippen LogP contribution in [0.4, 0.5) is 0 Å². The number of carboxylic acid groups (broad SMARTS) is 1. The van der Waals surface area contributed by atoms with E-state index >= 15 is 0 Å². The molecule has 0 bridgehead atoms. The first-order valence-electron chi connectivity index (χ1n) is 5.32. The predicted octanol–water partition coefficient (Wildman–Crippen LogP) is 0.572. The molecule has 14 heavy (non-hydrogen) atoms. The van der Waals surface area contributed by atoms with Crippen LogP contribution in [-0.4, -0.2) is 48.3 Å². The summed E-state index contributed by atoms with van der Waals surface area (Å²) in [6, 6.07) is 0. The van der Waals surface area contributed by atoms with Gasteiger partial charge >= 0.3 is 5.97 Å². The largest absolute Gasteiger partial charge is 0.479 e. The lowest BCUT2D eigenvalue weighted by molar-refractivity contribution is -0.156. The van der Waals surface area contributed by atoms with Crippen LogP contribution < -0.4 is 0 Å². The quantitative estimate of drug-likeness (QED) is 0.722. The lowest BCUT2D eigenvalue weighted by atomic mass is 9.85. The van der Waals surface area contributed by atoms with E-state index in [-0.39, 0.29) is 0 Å². The van der Waals surface area contributed by atoms with Crippen LogP contribution in [0.3, 0.4) is 0 Å². The highest BCUT2D eigenvalue weighted by Crippen LogP contribution is 2.27. The van der Waals surface area contributed by atoms with Crippen molar-refractivity contribution >= 4 is 5.97 Å². The Morgan fingerprint density at radius 2 is 2.29 bits per heavy atom. The fraction of sp³-hybridized carbons (Fsp3) is 0.900. The topological polar surface area (TPSA) is 49.8 Å². The first kappa shape index (κ1) is 9.93. The second kappa shape index (κ2) is 4.28. The number of rotatable bonds is 3. The molecule has 1 aliphatic carbocycles. The van der Waals surface area contributed by atoms with Crippen molar-refractivity contribution in [2.45, 2.75) is 25.4 Å². The lowest BCUT2D eigenvalue weighted by Crippen LogP contribution is -2.48. The number of hydrogen-bond donors (Lipinski definition) is 1. The summed E-state index contributed by atoms with van der Waals surface area (Å²) in [5, 5.41) is 8.81. The van der Waals surface area contributed by atoms with E-state index in [9.17, 15) is 4.79 Å². The van der Waals surface area contributed by atoms with Crippen molar-refractivity contribution in [3.8, 4) is 0 Å². The number of hydrogen-bond acceptors (Lipinski definition) is 3. The Bertz CT molecular complexity index is 215. The molecule has 0 aromatic carbocycles. The molecular formula is C10H17NO3. The summed E-state index contributed by atoms with van der Waals surface area (Å²) in [5.41, 5.74) is 0. The number of carbonyl (C=O) groups is 1. The molecule has 2 fully saturated rings. The minimum absolute atomic E-state index is 0.559. The van der Waals surface area contributed by atoms with Gasteiger partial charge in [-0.3, -0.25) is 4.90 Å². The van der Waals surface area contributed by atoms with Gasteiger partial charge in [0.1, 0.15) is 0 Å². The molecule has 80 valence electrons. The summed E-state index contributed by atoms with van der Waals surface area (Å²) >= 11 is 0. The van der Waals surface area contributed by atoms with E-state index in [1.165, 1.54) is 19.3 Å². The highest BCUT2D eigenvalue weighted by molar-refractivity contribution is 5.72. The fourth-order valence-corrected chi connectivity index (χ4v) is 2.06. The number of nitrogens with zero attached hydrogens (tertiary/aromatic N) is 1. The van der Waals surface area contributed by atoms with Gasteiger partial charge in [-0.15, -0.1) is 0 Å². The van der Waals surface area contributed by atoms with Crippen LogP contribution in [0.5, 0.6) is 0 Å². The molecule has 2 rings (SSSR count). The molecule has 0 radical (unpaired) electrons. The van der Waals surface area contributed by atoms with Crippen LogP contribution in [0.1, 0.15) is 19.3 Å². The van der Waals surface area contributed by atoms with Crippen LogP contribution in [0.2, 0.25) is 0 Å².